The molecule has 0 amide bonds. The van der Waals surface area contributed by atoms with Crippen molar-refractivity contribution < 1.29 is 0 Å². The minimum Gasteiger partial charge on any atom is -0.398 e. The zero-order chi connectivity index (χ0) is 30.7. The van der Waals surface area contributed by atoms with E-state index in [2.05, 4.69) is 134 Å². The van der Waals surface area contributed by atoms with Crippen LogP contribution in [-0.4, -0.2) is 0 Å². The normalized spacial score (nSPS) is 14.5. The average molecular weight is 574 g/mol. The summed E-state index contributed by atoms with van der Waals surface area (Å²) in [5.41, 5.74) is 26.8. The van der Waals surface area contributed by atoms with Crippen LogP contribution in [0, 0.1) is 0 Å². The number of allylic oxidation sites excluding steroid dienone is 4. The number of nitrogens with one attached hydrogen (secondary N) is 1. The molecule has 0 heterocycles. The molecule has 5 N–H and O–H groups in total. The number of hydrogen-bond acceptors (Lipinski definition) is 3. The van der Waals surface area contributed by atoms with Crippen LogP contribution in [0.2, 0.25) is 0 Å². The molecule has 3 nitrogen and oxygen atoms in total. The molecule has 1 aliphatic carbocycles. The molecule has 1 atom stereocenters. The van der Waals surface area contributed by atoms with Crippen LogP contribution in [0.1, 0.15) is 43.5 Å². The van der Waals surface area contributed by atoms with Crippen LogP contribution in [0.15, 0.2) is 151 Å². The Morgan fingerprint density at radius 3 is 2.20 bits per heavy atom. The molecular formula is C41H39N3. The molecule has 0 aliphatic heterocycles. The molecule has 5 aromatic carbocycles. The maximum Gasteiger partial charge on any atom is 0.0504 e. The number of hydrogen-bond donors (Lipinski definition) is 3. The van der Waals surface area contributed by atoms with Gasteiger partial charge in [0, 0.05) is 39.2 Å². The van der Waals surface area contributed by atoms with Crippen molar-refractivity contribution in [3.8, 4) is 33.4 Å². The number of nitrogen functional groups attached to an aromatic ring is 1. The minimum absolute atomic E-state index is 0.0994. The number of para-hydroxylation sites is 1. The standard InChI is InChI=1S/C41H39N3/c1-4-5-7-19-31(27-37(42)30-18-14-17-29(26-30)28-15-8-6-9-16-28)44-38-23-13-11-20-32(38)33-24-25-36-39(40(33)43)34-21-10-12-22-35(34)41(36,2)3/h4-27,37,44H,42-43H2,1-3H3/b5-4-,19-7-,31-27-. The highest BCUT2D eigenvalue weighted by atomic mass is 14.9. The first-order chi connectivity index (χ1) is 21.4. The third-order valence-electron chi connectivity index (χ3n) is 8.60. The van der Waals surface area contributed by atoms with E-state index in [1.54, 1.807) is 0 Å². The van der Waals surface area contributed by atoms with Crippen LogP contribution >= 0.6 is 0 Å². The van der Waals surface area contributed by atoms with E-state index in [0.29, 0.717) is 0 Å². The monoisotopic (exact) mass is 573 g/mol. The maximum absolute atomic E-state index is 7.03. The fourth-order valence-electron chi connectivity index (χ4n) is 6.29. The predicted octanol–water partition coefficient (Wildman–Crippen LogP) is 10.0. The zero-order valence-electron chi connectivity index (χ0n) is 25.6. The molecule has 3 heteroatoms. The van der Waals surface area contributed by atoms with Gasteiger partial charge in [0.2, 0.25) is 0 Å². The molecule has 0 bridgehead atoms. The van der Waals surface area contributed by atoms with Crippen LogP contribution in [0.25, 0.3) is 33.4 Å². The summed E-state index contributed by atoms with van der Waals surface area (Å²) >= 11 is 0. The molecule has 6 rings (SSSR count). The molecule has 0 fully saturated rings. The van der Waals surface area contributed by atoms with Gasteiger partial charge < -0.3 is 16.8 Å². The van der Waals surface area contributed by atoms with Crippen LogP contribution in [-0.2, 0) is 5.41 Å². The molecule has 1 unspecified atom stereocenters. The van der Waals surface area contributed by atoms with Gasteiger partial charge >= 0.3 is 0 Å². The van der Waals surface area contributed by atoms with Crippen molar-refractivity contribution >= 4 is 11.4 Å². The van der Waals surface area contributed by atoms with E-state index in [9.17, 15) is 0 Å². The van der Waals surface area contributed by atoms with Crippen molar-refractivity contribution in [1.82, 2.24) is 0 Å². The van der Waals surface area contributed by atoms with E-state index < -0.39 is 0 Å². The van der Waals surface area contributed by atoms with Crippen LogP contribution < -0.4 is 16.8 Å². The van der Waals surface area contributed by atoms with Gasteiger partial charge in [0.1, 0.15) is 0 Å². The largest absolute Gasteiger partial charge is 0.398 e. The van der Waals surface area contributed by atoms with Crippen molar-refractivity contribution in [2.24, 2.45) is 5.73 Å². The molecule has 1 aliphatic rings. The summed E-state index contributed by atoms with van der Waals surface area (Å²) in [5, 5.41) is 3.69. The summed E-state index contributed by atoms with van der Waals surface area (Å²) in [6.07, 6.45) is 10.2. The Bertz CT molecular complexity index is 1890. The Labute approximate surface area is 261 Å². The minimum atomic E-state index is -0.313. The highest BCUT2D eigenvalue weighted by molar-refractivity contribution is 5.98. The summed E-state index contributed by atoms with van der Waals surface area (Å²) in [5.74, 6) is 0. The maximum atomic E-state index is 7.03. The summed E-state index contributed by atoms with van der Waals surface area (Å²) in [4.78, 5) is 0. The Morgan fingerprint density at radius 2 is 1.41 bits per heavy atom. The van der Waals surface area contributed by atoms with Crippen molar-refractivity contribution in [2.45, 2.75) is 32.2 Å². The van der Waals surface area contributed by atoms with Crippen molar-refractivity contribution in [1.29, 1.82) is 0 Å². The lowest BCUT2D eigenvalue weighted by Gasteiger charge is -2.22. The molecule has 44 heavy (non-hydrogen) atoms. The summed E-state index contributed by atoms with van der Waals surface area (Å²) in [7, 11) is 0. The second-order valence-corrected chi connectivity index (χ2v) is 11.8. The molecule has 0 spiro atoms. The molecule has 0 aromatic heterocycles. The van der Waals surface area contributed by atoms with Gasteiger partial charge in [-0.1, -0.05) is 135 Å². The SMILES string of the molecule is C\C=C/C=C\C(=C\C(N)c1cccc(-c2ccccc2)c1)Nc1ccccc1-c1ccc2c(c1N)-c1ccccc1C2(C)C. The van der Waals surface area contributed by atoms with Crippen molar-refractivity contribution in [2.75, 3.05) is 11.1 Å². The summed E-state index contributed by atoms with van der Waals surface area (Å²) in [6, 6.07) is 39.9. The van der Waals surface area contributed by atoms with E-state index in [1.807, 2.05) is 37.3 Å². The number of rotatable bonds is 8. The summed E-state index contributed by atoms with van der Waals surface area (Å²) in [6.45, 7) is 6.56. The van der Waals surface area contributed by atoms with Crippen molar-refractivity contribution in [3.63, 3.8) is 0 Å². The average Bonchev–Trinajstić information content (AvgIpc) is 3.29. The predicted molar refractivity (Wildman–Crippen MR) is 188 cm³/mol. The quantitative estimate of drug-likeness (QED) is 0.128. The van der Waals surface area contributed by atoms with Gasteiger partial charge in [-0.15, -0.1) is 0 Å². The molecule has 0 radical (unpaired) electrons. The van der Waals surface area contributed by atoms with Gasteiger partial charge in [0.05, 0.1) is 6.04 Å². The van der Waals surface area contributed by atoms with Gasteiger partial charge in [-0.25, -0.2) is 0 Å². The second-order valence-electron chi connectivity index (χ2n) is 11.8. The van der Waals surface area contributed by atoms with Crippen LogP contribution in [0.3, 0.4) is 0 Å². The zero-order valence-corrected chi connectivity index (χ0v) is 25.6. The lowest BCUT2D eigenvalue weighted by Crippen LogP contribution is -2.15. The Hall–Kier alpha value is -5.12. The van der Waals surface area contributed by atoms with Gasteiger partial charge in [0.15, 0.2) is 0 Å². The van der Waals surface area contributed by atoms with E-state index in [1.165, 1.54) is 22.3 Å². The molecule has 5 aromatic rings. The molecule has 218 valence electrons. The van der Waals surface area contributed by atoms with Gasteiger partial charge in [0.25, 0.3) is 0 Å². The first-order valence-corrected chi connectivity index (χ1v) is 15.2. The van der Waals surface area contributed by atoms with E-state index in [4.69, 9.17) is 11.5 Å². The number of fused-ring (bicyclic) bond motifs is 3. The number of benzene rings is 5. The van der Waals surface area contributed by atoms with E-state index in [0.717, 1.165) is 44.9 Å². The highest BCUT2D eigenvalue weighted by Crippen LogP contribution is 2.53. The Kier molecular flexibility index (Phi) is 8.06. The third-order valence-corrected chi connectivity index (χ3v) is 8.60. The van der Waals surface area contributed by atoms with Crippen molar-refractivity contribution in [3.05, 3.63) is 168 Å². The van der Waals surface area contributed by atoms with E-state index >= 15 is 0 Å². The van der Waals surface area contributed by atoms with E-state index in [-0.39, 0.29) is 11.5 Å². The first kappa shape index (κ1) is 29.0. The third kappa shape index (κ3) is 5.50. The van der Waals surface area contributed by atoms with Gasteiger partial charge in [-0.05, 0) is 64.6 Å². The van der Waals surface area contributed by atoms with Crippen LogP contribution in [0.4, 0.5) is 11.4 Å². The fourth-order valence-corrected chi connectivity index (χ4v) is 6.29. The molecule has 0 saturated heterocycles. The lowest BCUT2D eigenvalue weighted by atomic mass is 9.82. The molecule has 0 saturated carbocycles. The Balaban J connectivity index is 1.38. The number of nitrogens with two attached hydrogens (primary N) is 2. The topological polar surface area (TPSA) is 64.1 Å². The van der Waals surface area contributed by atoms with Gasteiger partial charge in [-0.2, -0.15) is 0 Å². The van der Waals surface area contributed by atoms with Gasteiger partial charge in [-0.3, -0.25) is 0 Å². The summed E-state index contributed by atoms with van der Waals surface area (Å²) < 4.78 is 0. The first-order valence-electron chi connectivity index (χ1n) is 15.2. The smallest absolute Gasteiger partial charge is 0.0504 e. The Morgan fingerprint density at radius 1 is 0.705 bits per heavy atom. The fraction of sp³-hybridized carbons (Fsp3) is 0.122. The van der Waals surface area contributed by atoms with Crippen LogP contribution in [0.5, 0.6) is 0 Å². The molecular weight excluding hydrogens is 534 g/mol. The lowest BCUT2D eigenvalue weighted by molar-refractivity contribution is 0.660. The highest BCUT2D eigenvalue weighted by Gasteiger charge is 2.37. The number of anilines is 2. The second kappa shape index (κ2) is 12.2.